The average Bonchev–Trinajstić information content (AvgIpc) is 2.11. The Morgan fingerprint density at radius 2 is 2.31 bits per heavy atom. The molecule has 0 radical (unpaired) electrons. The van der Waals surface area contributed by atoms with Gasteiger partial charge in [0.2, 0.25) is 5.78 Å². The number of aliphatic hydroxyl groups is 1. The van der Waals surface area contributed by atoms with Crippen LogP contribution in [0.3, 0.4) is 0 Å². The molecule has 13 heavy (non-hydrogen) atoms. The van der Waals surface area contributed by atoms with Crippen LogP contribution in [-0.4, -0.2) is 17.9 Å². The summed E-state index contributed by atoms with van der Waals surface area (Å²) in [4.78, 5) is 11.1. The van der Waals surface area contributed by atoms with Gasteiger partial charge in [0.05, 0.1) is 0 Å². The minimum absolute atomic E-state index is 0.127. The van der Waals surface area contributed by atoms with E-state index in [4.69, 9.17) is 0 Å². The van der Waals surface area contributed by atoms with Crippen molar-refractivity contribution < 1.29 is 9.90 Å². The Balaban J connectivity index is 2.82. The van der Waals surface area contributed by atoms with E-state index in [0.29, 0.717) is 0 Å². The van der Waals surface area contributed by atoms with Crippen molar-refractivity contribution in [1.82, 2.24) is 5.32 Å². The van der Waals surface area contributed by atoms with Gasteiger partial charge in [-0.15, -0.1) is 0 Å². The van der Waals surface area contributed by atoms with E-state index in [1.807, 2.05) is 0 Å². The highest BCUT2D eigenvalue weighted by atomic mass is 16.3. The Bertz CT molecular complexity index is 266. The van der Waals surface area contributed by atoms with E-state index in [2.05, 4.69) is 12.2 Å². The largest absolute Gasteiger partial charge is 0.504 e. The van der Waals surface area contributed by atoms with E-state index in [-0.39, 0.29) is 17.5 Å². The third-order valence-electron chi connectivity index (χ3n) is 2.19. The Labute approximate surface area is 78.1 Å². The summed E-state index contributed by atoms with van der Waals surface area (Å²) in [7, 11) is 1.79. The van der Waals surface area contributed by atoms with Crippen LogP contribution in [0.5, 0.6) is 0 Å². The number of ketones is 1. The van der Waals surface area contributed by atoms with E-state index in [1.54, 1.807) is 13.1 Å². The van der Waals surface area contributed by atoms with Gasteiger partial charge in [-0.1, -0.05) is 13.3 Å². The monoisotopic (exact) mass is 181 g/mol. The number of allylic oxidation sites excluding steroid dienone is 2. The van der Waals surface area contributed by atoms with Crippen molar-refractivity contribution in [1.29, 1.82) is 0 Å². The quantitative estimate of drug-likeness (QED) is 0.694. The average molecular weight is 181 g/mol. The molecule has 0 spiro atoms. The molecule has 72 valence electrons. The van der Waals surface area contributed by atoms with Gasteiger partial charge in [-0.2, -0.15) is 0 Å². The fourth-order valence-corrected chi connectivity index (χ4v) is 1.49. The summed E-state index contributed by atoms with van der Waals surface area (Å²) >= 11 is 0. The first-order chi connectivity index (χ1) is 6.19. The highest BCUT2D eigenvalue weighted by molar-refractivity contribution is 6.03. The molecule has 1 aliphatic rings. The Morgan fingerprint density at radius 1 is 1.62 bits per heavy atom. The summed E-state index contributed by atoms with van der Waals surface area (Å²) < 4.78 is 0. The molecule has 3 heteroatoms. The minimum atomic E-state index is -0.309. The molecule has 3 nitrogen and oxygen atoms in total. The highest BCUT2D eigenvalue weighted by Gasteiger charge is 2.20. The second-order valence-corrected chi connectivity index (χ2v) is 3.16. The third-order valence-corrected chi connectivity index (χ3v) is 2.19. The van der Waals surface area contributed by atoms with Gasteiger partial charge in [0.15, 0.2) is 5.76 Å². The molecule has 1 unspecified atom stereocenters. The van der Waals surface area contributed by atoms with Crippen molar-refractivity contribution in [2.45, 2.75) is 19.8 Å². The lowest BCUT2D eigenvalue weighted by atomic mass is 9.93. The SMILES string of the molecule is CCCC1C=C(O)C(=O)C=C1NC. The Hall–Kier alpha value is -1.25. The lowest BCUT2D eigenvalue weighted by Gasteiger charge is -2.19. The molecule has 0 aromatic rings. The van der Waals surface area contributed by atoms with Crippen LogP contribution < -0.4 is 5.32 Å². The molecule has 0 aliphatic heterocycles. The zero-order valence-corrected chi connectivity index (χ0v) is 8.00. The third kappa shape index (κ3) is 2.11. The lowest BCUT2D eigenvalue weighted by Crippen LogP contribution is -2.21. The van der Waals surface area contributed by atoms with Gasteiger partial charge in [0.25, 0.3) is 0 Å². The van der Waals surface area contributed by atoms with Gasteiger partial charge in [-0.05, 0) is 12.5 Å². The van der Waals surface area contributed by atoms with Crippen molar-refractivity contribution in [2.24, 2.45) is 5.92 Å². The smallest absolute Gasteiger partial charge is 0.221 e. The van der Waals surface area contributed by atoms with Crippen LogP contribution in [0.4, 0.5) is 0 Å². The van der Waals surface area contributed by atoms with Gasteiger partial charge >= 0.3 is 0 Å². The predicted molar refractivity (Wildman–Crippen MR) is 51.3 cm³/mol. The zero-order chi connectivity index (χ0) is 9.84. The molecular weight excluding hydrogens is 166 g/mol. The molecule has 0 fully saturated rings. The molecule has 2 N–H and O–H groups in total. The summed E-state index contributed by atoms with van der Waals surface area (Å²) in [6.07, 6.45) is 5.07. The predicted octanol–water partition coefficient (Wildman–Crippen LogP) is 1.53. The number of rotatable bonds is 3. The van der Waals surface area contributed by atoms with Crippen LogP contribution in [-0.2, 0) is 4.79 Å². The summed E-state index contributed by atoms with van der Waals surface area (Å²) in [6, 6.07) is 0. The first-order valence-corrected chi connectivity index (χ1v) is 4.53. The molecular formula is C10H15NO2. The molecule has 0 bridgehead atoms. The van der Waals surface area contributed by atoms with Crippen LogP contribution >= 0.6 is 0 Å². The van der Waals surface area contributed by atoms with Crippen LogP contribution in [0.1, 0.15) is 19.8 Å². The number of carbonyl (C=O) groups excluding carboxylic acids is 1. The van der Waals surface area contributed by atoms with E-state index >= 15 is 0 Å². The maximum atomic E-state index is 11.1. The maximum Gasteiger partial charge on any atom is 0.221 e. The van der Waals surface area contributed by atoms with Gasteiger partial charge in [0, 0.05) is 24.7 Å². The first kappa shape index (κ1) is 9.84. The second kappa shape index (κ2) is 4.12. The van der Waals surface area contributed by atoms with Crippen LogP contribution in [0, 0.1) is 5.92 Å². The van der Waals surface area contributed by atoms with Crippen molar-refractivity contribution in [3.05, 3.63) is 23.6 Å². The van der Waals surface area contributed by atoms with E-state index < -0.39 is 0 Å². The number of hydrogen-bond donors (Lipinski definition) is 2. The summed E-state index contributed by atoms with van der Waals surface area (Å²) in [6.45, 7) is 2.08. The van der Waals surface area contributed by atoms with Crippen molar-refractivity contribution in [2.75, 3.05) is 7.05 Å². The molecule has 0 heterocycles. The summed E-state index contributed by atoms with van der Waals surface area (Å²) in [5.41, 5.74) is 0.893. The molecule has 1 atom stereocenters. The van der Waals surface area contributed by atoms with Gasteiger partial charge in [-0.3, -0.25) is 4.79 Å². The fourth-order valence-electron chi connectivity index (χ4n) is 1.49. The molecule has 0 saturated carbocycles. The zero-order valence-electron chi connectivity index (χ0n) is 8.00. The standard InChI is InChI=1S/C10H15NO2/c1-3-4-7-5-9(12)10(13)6-8(7)11-2/h5-7,11-12H,3-4H2,1-2H3. The van der Waals surface area contributed by atoms with E-state index in [9.17, 15) is 9.90 Å². The van der Waals surface area contributed by atoms with Gasteiger partial charge in [-0.25, -0.2) is 0 Å². The number of aliphatic hydroxyl groups excluding tert-OH is 1. The lowest BCUT2D eigenvalue weighted by molar-refractivity contribution is -0.113. The van der Waals surface area contributed by atoms with Crippen LogP contribution in [0.2, 0.25) is 0 Å². The van der Waals surface area contributed by atoms with Crippen molar-refractivity contribution in [3.8, 4) is 0 Å². The van der Waals surface area contributed by atoms with Crippen LogP contribution in [0.15, 0.2) is 23.6 Å². The summed E-state index contributed by atoms with van der Waals surface area (Å²) in [5, 5.41) is 12.2. The van der Waals surface area contributed by atoms with E-state index in [0.717, 1.165) is 18.5 Å². The molecule has 0 aromatic carbocycles. The van der Waals surface area contributed by atoms with Crippen molar-refractivity contribution in [3.63, 3.8) is 0 Å². The maximum absolute atomic E-state index is 11.1. The molecule has 1 rings (SSSR count). The number of carbonyl (C=O) groups is 1. The molecule has 0 aromatic heterocycles. The fraction of sp³-hybridized carbons (Fsp3) is 0.500. The normalized spacial score (nSPS) is 22.3. The molecule has 0 saturated heterocycles. The van der Waals surface area contributed by atoms with Crippen molar-refractivity contribution >= 4 is 5.78 Å². The highest BCUT2D eigenvalue weighted by Crippen LogP contribution is 2.22. The Kier molecular flexibility index (Phi) is 3.12. The van der Waals surface area contributed by atoms with Gasteiger partial charge < -0.3 is 10.4 Å². The Morgan fingerprint density at radius 3 is 2.85 bits per heavy atom. The minimum Gasteiger partial charge on any atom is -0.504 e. The second-order valence-electron chi connectivity index (χ2n) is 3.16. The first-order valence-electron chi connectivity index (χ1n) is 4.53. The topological polar surface area (TPSA) is 49.3 Å². The van der Waals surface area contributed by atoms with E-state index in [1.165, 1.54) is 6.08 Å². The number of hydrogen-bond acceptors (Lipinski definition) is 3. The van der Waals surface area contributed by atoms with Gasteiger partial charge in [0.1, 0.15) is 0 Å². The summed E-state index contributed by atoms with van der Waals surface area (Å²) in [5.74, 6) is -0.276. The molecule has 0 amide bonds. The number of nitrogens with one attached hydrogen (secondary N) is 1. The molecule has 1 aliphatic carbocycles. The van der Waals surface area contributed by atoms with Crippen LogP contribution in [0.25, 0.3) is 0 Å².